The number of Topliss-reactive ketones (excluding diaryl/α,β-unsaturated/α-hetero) is 1. The molecule has 0 aromatic heterocycles. The van der Waals surface area contributed by atoms with Crippen molar-refractivity contribution in [2.24, 2.45) is 5.92 Å². The molecule has 0 fully saturated rings. The summed E-state index contributed by atoms with van der Waals surface area (Å²) in [4.78, 5) is 20.6. The minimum absolute atomic E-state index is 0. The third-order valence-electron chi connectivity index (χ3n) is 1.20. The van der Waals surface area contributed by atoms with Crippen LogP contribution in [-0.4, -0.2) is 16.9 Å². The van der Waals surface area contributed by atoms with Crippen molar-refractivity contribution in [1.29, 1.82) is 0 Å². The van der Waals surface area contributed by atoms with Crippen LogP contribution in [0.4, 0.5) is 0 Å². The average Bonchev–Trinajstić information content (AvgIpc) is 1.64. The minimum Gasteiger partial charge on any atom is -0.481 e. The molecule has 1 radical (unpaired) electrons. The second-order valence-corrected chi connectivity index (χ2v) is 1.91. The summed E-state index contributed by atoms with van der Waals surface area (Å²) >= 11 is 0. The summed E-state index contributed by atoms with van der Waals surface area (Å²) in [6.45, 7) is 2.97. The van der Waals surface area contributed by atoms with Gasteiger partial charge in [0.15, 0.2) is 0 Å². The van der Waals surface area contributed by atoms with E-state index in [1.165, 1.54) is 6.92 Å². The molecule has 1 N–H and O–H groups in total. The molecule has 0 heterocycles. The van der Waals surface area contributed by atoms with Gasteiger partial charge in [-0.2, -0.15) is 0 Å². The zero-order valence-electron chi connectivity index (χ0n) is 5.85. The van der Waals surface area contributed by atoms with E-state index in [4.69, 9.17) is 5.11 Å². The van der Waals surface area contributed by atoms with Crippen LogP contribution in [0.2, 0.25) is 0 Å². The Labute approximate surface area is 75.3 Å². The molecule has 0 aliphatic rings. The number of rotatable bonds is 3. The van der Waals surface area contributed by atoms with E-state index in [-0.39, 0.29) is 28.2 Å². The molecule has 0 bridgehead atoms. The predicted octanol–water partition coefficient (Wildman–Crippen LogP) is 0.684. The van der Waals surface area contributed by atoms with E-state index in [1.54, 1.807) is 6.92 Å². The summed E-state index contributed by atoms with van der Waals surface area (Å²) in [7, 11) is 0. The van der Waals surface area contributed by atoms with Gasteiger partial charge in [0.25, 0.3) is 0 Å². The van der Waals surface area contributed by atoms with Crippen molar-refractivity contribution in [2.75, 3.05) is 0 Å². The van der Waals surface area contributed by atoms with E-state index in [1.807, 2.05) is 0 Å². The summed E-state index contributed by atoms with van der Waals surface area (Å²) in [5, 5.41) is 8.32. The zero-order chi connectivity index (χ0) is 7.44. The molecule has 0 saturated carbocycles. The molecule has 0 amide bonds. The fourth-order valence-corrected chi connectivity index (χ4v) is 0.636. The standard InChI is InChI=1S/C6H10O3.Ag/c1-3-5(4(2)7)6(8)9;/h5H,3H2,1-2H3,(H,8,9);. The van der Waals surface area contributed by atoms with Crippen LogP contribution >= 0.6 is 0 Å². The van der Waals surface area contributed by atoms with Crippen molar-refractivity contribution in [3.63, 3.8) is 0 Å². The molecule has 0 aliphatic heterocycles. The number of carboxylic acid groups (broad SMARTS) is 1. The number of ketones is 1. The van der Waals surface area contributed by atoms with Crippen molar-refractivity contribution >= 4 is 11.8 Å². The van der Waals surface area contributed by atoms with Crippen LogP contribution in [0.15, 0.2) is 0 Å². The summed E-state index contributed by atoms with van der Waals surface area (Å²) in [6, 6.07) is 0. The molecule has 4 heteroatoms. The number of hydrogen-bond donors (Lipinski definition) is 1. The maximum atomic E-state index is 10.4. The minimum atomic E-state index is -1.02. The summed E-state index contributed by atoms with van der Waals surface area (Å²) in [5.74, 6) is -2.10. The van der Waals surface area contributed by atoms with Crippen molar-refractivity contribution in [2.45, 2.75) is 20.3 Å². The van der Waals surface area contributed by atoms with E-state index >= 15 is 0 Å². The second-order valence-electron chi connectivity index (χ2n) is 1.91. The molecule has 1 atom stereocenters. The third-order valence-corrected chi connectivity index (χ3v) is 1.20. The Morgan fingerprint density at radius 1 is 1.50 bits per heavy atom. The van der Waals surface area contributed by atoms with Gasteiger partial charge in [-0.15, -0.1) is 0 Å². The Morgan fingerprint density at radius 3 is 1.90 bits per heavy atom. The number of carboxylic acids is 1. The first-order valence-electron chi connectivity index (χ1n) is 2.82. The van der Waals surface area contributed by atoms with Crippen molar-refractivity contribution in [3.8, 4) is 0 Å². The molecule has 0 aliphatic carbocycles. The molecule has 0 spiro atoms. The number of aliphatic carboxylic acids is 1. The fourth-order valence-electron chi connectivity index (χ4n) is 0.636. The zero-order valence-corrected chi connectivity index (χ0v) is 7.33. The first kappa shape index (κ1) is 12.5. The SMILES string of the molecule is CCC(C(C)=O)C(=O)O.[Ag]. The Hall–Kier alpha value is -0.120. The number of carbonyl (C=O) groups excluding carboxylic acids is 1. The van der Waals surface area contributed by atoms with Crippen molar-refractivity contribution < 1.29 is 37.1 Å². The molecule has 0 aromatic rings. The van der Waals surface area contributed by atoms with Crippen LogP contribution < -0.4 is 0 Å². The summed E-state index contributed by atoms with van der Waals surface area (Å²) in [5.41, 5.74) is 0. The van der Waals surface area contributed by atoms with Gasteiger partial charge in [0.05, 0.1) is 0 Å². The summed E-state index contributed by atoms with van der Waals surface area (Å²) < 4.78 is 0. The predicted molar refractivity (Wildman–Crippen MR) is 32.1 cm³/mol. The topological polar surface area (TPSA) is 54.4 Å². The maximum Gasteiger partial charge on any atom is 0.314 e. The fraction of sp³-hybridized carbons (Fsp3) is 0.667. The monoisotopic (exact) mass is 237 g/mol. The van der Waals surface area contributed by atoms with Crippen LogP contribution in [-0.2, 0) is 32.0 Å². The van der Waals surface area contributed by atoms with Gasteiger partial charge in [-0.3, -0.25) is 9.59 Å². The van der Waals surface area contributed by atoms with Gasteiger partial charge in [-0.25, -0.2) is 0 Å². The molecular formula is C6H10AgO3. The van der Waals surface area contributed by atoms with Gasteiger partial charge in [0.2, 0.25) is 0 Å². The number of hydrogen-bond acceptors (Lipinski definition) is 2. The first-order valence-corrected chi connectivity index (χ1v) is 2.82. The molecule has 3 nitrogen and oxygen atoms in total. The Morgan fingerprint density at radius 2 is 1.90 bits per heavy atom. The summed E-state index contributed by atoms with van der Waals surface area (Å²) in [6.07, 6.45) is 0.380. The van der Waals surface area contributed by atoms with E-state index in [2.05, 4.69) is 0 Å². The average molecular weight is 238 g/mol. The van der Waals surface area contributed by atoms with Crippen LogP contribution in [0, 0.1) is 5.92 Å². The van der Waals surface area contributed by atoms with Gasteiger partial charge in [-0.05, 0) is 13.3 Å². The molecule has 63 valence electrons. The maximum absolute atomic E-state index is 10.4. The Bertz CT molecular complexity index is 119. The van der Waals surface area contributed by atoms with Gasteiger partial charge in [0, 0.05) is 22.4 Å². The van der Waals surface area contributed by atoms with Crippen LogP contribution in [0.5, 0.6) is 0 Å². The largest absolute Gasteiger partial charge is 0.481 e. The molecule has 0 rings (SSSR count). The smallest absolute Gasteiger partial charge is 0.314 e. The molecule has 0 saturated heterocycles. The second kappa shape index (κ2) is 5.65. The molecule has 0 aromatic carbocycles. The van der Waals surface area contributed by atoms with Gasteiger partial charge in [-0.1, -0.05) is 6.92 Å². The van der Waals surface area contributed by atoms with Crippen molar-refractivity contribution in [3.05, 3.63) is 0 Å². The molecule has 10 heavy (non-hydrogen) atoms. The first-order chi connectivity index (χ1) is 4.09. The Balaban J connectivity index is 0. The van der Waals surface area contributed by atoms with Crippen LogP contribution in [0.25, 0.3) is 0 Å². The van der Waals surface area contributed by atoms with Crippen molar-refractivity contribution in [1.82, 2.24) is 0 Å². The quantitative estimate of drug-likeness (QED) is 0.581. The molecule has 1 unspecified atom stereocenters. The van der Waals surface area contributed by atoms with E-state index in [9.17, 15) is 9.59 Å². The molecular weight excluding hydrogens is 228 g/mol. The van der Waals surface area contributed by atoms with Gasteiger partial charge < -0.3 is 5.11 Å². The van der Waals surface area contributed by atoms with E-state index in [0.717, 1.165) is 0 Å². The Kier molecular flexibility index (Phi) is 7.09. The van der Waals surface area contributed by atoms with Gasteiger partial charge >= 0.3 is 5.97 Å². The van der Waals surface area contributed by atoms with Crippen LogP contribution in [0.3, 0.4) is 0 Å². The van der Waals surface area contributed by atoms with Crippen LogP contribution in [0.1, 0.15) is 20.3 Å². The van der Waals surface area contributed by atoms with E-state index in [0.29, 0.717) is 6.42 Å². The number of carbonyl (C=O) groups is 2. The normalized spacial score (nSPS) is 11.4. The van der Waals surface area contributed by atoms with E-state index < -0.39 is 11.9 Å². The third kappa shape index (κ3) is 3.82. The van der Waals surface area contributed by atoms with Gasteiger partial charge in [0.1, 0.15) is 11.7 Å².